The summed E-state index contributed by atoms with van der Waals surface area (Å²) < 4.78 is 4.66. The Morgan fingerprint density at radius 1 is 1.10 bits per heavy atom. The second kappa shape index (κ2) is 9.49. The van der Waals surface area contributed by atoms with Gasteiger partial charge in [-0.05, 0) is 48.5 Å². The number of benzene rings is 2. The van der Waals surface area contributed by atoms with E-state index in [0.29, 0.717) is 22.9 Å². The first-order chi connectivity index (χ1) is 14.4. The van der Waals surface area contributed by atoms with Gasteiger partial charge in [0.25, 0.3) is 5.91 Å². The molecule has 7 nitrogen and oxygen atoms in total. The highest BCUT2D eigenvalue weighted by molar-refractivity contribution is 7.80. The lowest BCUT2D eigenvalue weighted by molar-refractivity contribution is -0.130. The third kappa shape index (κ3) is 4.83. The van der Waals surface area contributed by atoms with Crippen molar-refractivity contribution in [3.63, 3.8) is 0 Å². The Bertz CT molecular complexity index is 947. The minimum atomic E-state index is -0.638. The van der Waals surface area contributed by atoms with Crippen LogP contribution >= 0.6 is 12.2 Å². The van der Waals surface area contributed by atoms with E-state index in [1.54, 1.807) is 31.3 Å². The largest absolute Gasteiger partial charge is 0.465 e. The van der Waals surface area contributed by atoms with E-state index in [9.17, 15) is 14.4 Å². The van der Waals surface area contributed by atoms with Gasteiger partial charge in [-0.3, -0.25) is 14.5 Å². The van der Waals surface area contributed by atoms with E-state index in [-0.39, 0.29) is 18.2 Å². The lowest BCUT2D eigenvalue weighted by Crippen LogP contribution is -2.39. The minimum absolute atomic E-state index is 0.0170. The molecule has 2 amide bonds. The average Bonchev–Trinajstić information content (AvgIpc) is 2.96. The van der Waals surface area contributed by atoms with Gasteiger partial charge in [-0.1, -0.05) is 30.3 Å². The van der Waals surface area contributed by atoms with Crippen molar-refractivity contribution >= 4 is 40.8 Å². The summed E-state index contributed by atoms with van der Waals surface area (Å²) in [6.07, 6.45) is 0.700. The Labute approximate surface area is 180 Å². The van der Waals surface area contributed by atoms with E-state index in [4.69, 9.17) is 12.2 Å². The standard InChI is InChI=1S/C22H23N3O4S/c1-24-20(27)18(25(22(24)30)13-12-15-6-4-3-5-7-15)14-19(26)23-17-10-8-16(9-11-17)21(28)29-2/h3-11,18H,12-14H2,1-2H3,(H,23,26). The zero-order valence-electron chi connectivity index (χ0n) is 16.8. The maximum Gasteiger partial charge on any atom is 0.337 e. The summed E-state index contributed by atoms with van der Waals surface area (Å²) in [4.78, 5) is 40.0. The Morgan fingerprint density at radius 2 is 1.77 bits per heavy atom. The smallest absolute Gasteiger partial charge is 0.337 e. The Kier molecular flexibility index (Phi) is 6.79. The van der Waals surface area contributed by atoms with Gasteiger partial charge < -0.3 is 15.0 Å². The maximum atomic E-state index is 12.6. The molecule has 0 bridgehead atoms. The van der Waals surface area contributed by atoms with Crippen LogP contribution in [0.5, 0.6) is 0 Å². The van der Waals surface area contributed by atoms with Crippen LogP contribution in [0.2, 0.25) is 0 Å². The summed E-state index contributed by atoms with van der Waals surface area (Å²) in [5.74, 6) is -0.943. The molecule has 156 valence electrons. The number of hydrogen-bond donors (Lipinski definition) is 1. The van der Waals surface area contributed by atoms with E-state index in [1.807, 2.05) is 35.2 Å². The fourth-order valence-electron chi connectivity index (χ4n) is 3.32. The predicted octanol–water partition coefficient (Wildman–Crippen LogP) is 2.47. The molecule has 1 saturated heterocycles. The van der Waals surface area contributed by atoms with Crippen LogP contribution in [0.3, 0.4) is 0 Å². The number of rotatable bonds is 7. The van der Waals surface area contributed by atoms with Crippen molar-refractivity contribution in [3.8, 4) is 0 Å². The molecular weight excluding hydrogens is 402 g/mol. The van der Waals surface area contributed by atoms with Crippen LogP contribution in [-0.2, 0) is 20.7 Å². The number of methoxy groups -OCH3 is 1. The molecule has 1 atom stereocenters. The van der Waals surface area contributed by atoms with Gasteiger partial charge in [-0.2, -0.15) is 0 Å². The van der Waals surface area contributed by atoms with Crippen molar-refractivity contribution in [2.45, 2.75) is 18.9 Å². The number of anilines is 1. The summed E-state index contributed by atoms with van der Waals surface area (Å²) in [6, 6.07) is 15.6. The lowest BCUT2D eigenvalue weighted by atomic mass is 10.1. The number of likely N-dealkylation sites (N-methyl/N-ethyl adjacent to an activating group) is 1. The molecule has 3 rings (SSSR count). The van der Waals surface area contributed by atoms with Crippen LogP contribution in [0.15, 0.2) is 54.6 Å². The van der Waals surface area contributed by atoms with E-state index < -0.39 is 12.0 Å². The fraction of sp³-hybridized carbons (Fsp3) is 0.273. The van der Waals surface area contributed by atoms with Gasteiger partial charge in [0, 0.05) is 19.3 Å². The van der Waals surface area contributed by atoms with Crippen LogP contribution in [0.1, 0.15) is 22.3 Å². The fourth-order valence-corrected chi connectivity index (χ4v) is 3.62. The zero-order chi connectivity index (χ0) is 21.7. The molecular formula is C22H23N3O4S. The van der Waals surface area contributed by atoms with Gasteiger partial charge in [-0.15, -0.1) is 0 Å². The van der Waals surface area contributed by atoms with Crippen LogP contribution in [0, 0.1) is 0 Å². The van der Waals surface area contributed by atoms with Crippen molar-refractivity contribution in [2.24, 2.45) is 0 Å². The minimum Gasteiger partial charge on any atom is -0.465 e. The number of hydrogen-bond acceptors (Lipinski definition) is 5. The first-order valence-corrected chi connectivity index (χ1v) is 9.92. The summed E-state index contributed by atoms with van der Waals surface area (Å²) in [5.41, 5.74) is 2.06. The molecule has 0 spiro atoms. The number of ether oxygens (including phenoxy) is 1. The molecule has 1 N–H and O–H groups in total. The maximum absolute atomic E-state index is 12.6. The molecule has 1 aliphatic heterocycles. The molecule has 0 saturated carbocycles. The normalized spacial score (nSPS) is 16.0. The van der Waals surface area contributed by atoms with Gasteiger partial charge in [0.15, 0.2) is 5.11 Å². The molecule has 2 aromatic rings. The Balaban J connectivity index is 1.64. The first kappa shape index (κ1) is 21.4. The first-order valence-electron chi connectivity index (χ1n) is 9.51. The average molecular weight is 426 g/mol. The van der Waals surface area contributed by atoms with Gasteiger partial charge in [-0.25, -0.2) is 4.79 Å². The second-order valence-corrected chi connectivity index (χ2v) is 7.31. The number of nitrogens with zero attached hydrogens (tertiary/aromatic N) is 2. The highest BCUT2D eigenvalue weighted by Gasteiger charge is 2.41. The second-order valence-electron chi connectivity index (χ2n) is 6.95. The highest BCUT2D eigenvalue weighted by Crippen LogP contribution is 2.21. The van der Waals surface area contributed by atoms with Crippen molar-refractivity contribution in [2.75, 3.05) is 26.0 Å². The van der Waals surface area contributed by atoms with Crippen LogP contribution in [0.4, 0.5) is 5.69 Å². The van der Waals surface area contributed by atoms with E-state index in [1.165, 1.54) is 12.0 Å². The third-order valence-electron chi connectivity index (χ3n) is 4.98. The van der Waals surface area contributed by atoms with Gasteiger partial charge >= 0.3 is 5.97 Å². The van der Waals surface area contributed by atoms with Crippen molar-refractivity contribution < 1.29 is 19.1 Å². The molecule has 30 heavy (non-hydrogen) atoms. The number of carbonyl (C=O) groups is 3. The van der Waals surface area contributed by atoms with Gasteiger partial charge in [0.2, 0.25) is 5.91 Å². The van der Waals surface area contributed by atoms with Crippen molar-refractivity contribution in [1.29, 1.82) is 0 Å². The van der Waals surface area contributed by atoms with E-state index >= 15 is 0 Å². The summed E-state index contributed by atoms with van der Waals surface area (Å²) in [5, 5.41) is 3.19. The highest BCUT2D eigenvalue weighted by atomic mass is 32.1. The molecule has 1 aliphatic rings. The van der Waals surface area contributed by atoms with Crippen LogP contribution in [-0.4, -0.2) is 59.4 Å². The van der Waals surface area contributed by atoms with Crippen molar-refractivity contribution in [1.82, 2.24) is 9.80 Å². The molecule has 1 fully saturated rings. The molecule has 2 aromatic carbocycles. The van der Waals surface area contributed by atoms with E-state index in [2.05, 4.69) is 10.1 Å². The number of amides is 2. The summed E-state index contributed by atoms with van der Waals surface area (Å²) in [6.45, 7) is 0.546. The van der Waals surface area contributed by atoms with Crippen molar-refractivity contribution in [3.05, 3.63) is 65.7 Å². The zero-order valence-corrected chi connectivity index (χ0v) is 17.6. The molecule has 0 aromatic heterocycles. The monoisotopic (exact) mass is 425 g/mol. The van der Waals surface area contributed by atoms with E-state index in [0.717, 1.165) is 12.0 Å². The number of nitrogens with one attached hydrogen (secondary N) is 1. The van der Waals surface area contributed by atoms with Gasteiger partial charge in [0.1, 0.15) is 6.04 Å². The number of carbonyl (C=O) groups excluding carboxylic acids is 3. The molecule has 1 unspecified atom stereocenters. The quantitative estimate of drug-likeness (QED) is 0.542. The third-order valence-corrected chi connectivity index (χ3v) is 5.49. The molecule has 0 aliphatic carbocycles. The summed E-state index contributed by atoms with van der Waals surface area (Å²) in [7, 11) is 2.94. The number of esters is 1. The van der Waals surface area contributed by atoms with Crippen LogP contribution in [0.25, 0.3) is 0 Å². The summed E-state index contributed by atoms with van der Waals surface area (Å²) >= 11 is 5.42. The lowest BCUT2D eigenvalue weighted by Gasteiger charge is -2.23. The Hall–Kier alpha value is -3.26. The topological polar surface area (TPSA) is 78.9 Å². The Morgan fingerprint density at radius 3 is 2.40 bits per heavy atom. The molecule has 1 heterocycles. The molecule has 0 radical (unpaired) electrons. The van der Waals surface area contributed by atoms with Crippen LogP contribution < -0.4 is 5.32 Å². The number of thiocarbonyl (C=S) groups is 1. The van der Waals surface area contributed by atoms with Gasteiger partial charge in [0.05, 0.1) is 19.1 Å². The SMILES string of the molecule is COC(=O)c1ccc(NC(=O)CC2C(=O)N(C)C(=S)N2CCc2ccccc2)cc1. The predicted molar refractivity (Wildman–Crippen MR) is 117 cm³/mol. The molecule has 8 heteroatoms.